The molecule has 4 atom stereocenters. The van der Waals surface area contributed by atoms with Crippen LogP contribution < -0.4 is 5.73 Å². The number of primary amides is 1. The summed E-state index contributed by atoms with van der Waals surface area (Å²) in [4.78, 5) is 11.4. The highest BCUT2D eigenvalue weighted by Crippen LogP contribution is 2.61. The van der Waals surface area contributed by atoms with Gasteiger partial charge in [-0.3, -0.25) is 4.79 Å². The van der Waals surface area contributed by atoms with Crippen LogP contribution in [0.15, 0.2) is 0 Å². The Balaban J connectivity index is 2.30. The SMILES string of the molecule is C[C@H]1CCC2C(C)(C)CCC[C@]2(C)C1CC(N)=O. The molecule has 0 aromatic carbocycles. The van der Waals surface area contributed by atoms with Crippen LogP contribution in [0.5, 0.6) is 0 Å². The van der Waals surface area contributed by atoms with Crippen molar-refractivity contribution in [3.8, 4) is 0 Å². The molecule has 2 N–H and O–H groups in total. The number of amides is 1. The molecule has 104 valence electrons. The third kappa shape index (κ3) is 2.19. The molecule has 0 radical (unpaired) electrons. The number of rotatable bonds is 2. The monoisotopic (exact) mass is 251 g/mol. The highest BCUT2D eigenvalue weighted by molar-refractivity contribution is 5.74. The topological polar surface area (TPSA) is 43.1 Å². The van der Waals surface area contributed by atoms with Crippen LogP contribution in [0.4, 0.5) is 0 Å². The number of hydrogen-bond donors (Lipinski definition) is 1. The molecule has 2 fully saturated rings. The lowest BCUT2D eigenvalue weighted by Gasteiger charge is -2.59. The molecule has 2 unspecified atom stereocenters. The van der Waals surface area contributed by atoms with E-state index >= 15 is 0 Å². The van der Waals surface area contributed by atoms with Crippen LogP contribution in [-0.4, -0.2) is 5.91 Å². The first-order valence-corrected chi connectivity index (χ1v) is 7.55. The van der Waals surface area contributed by atoms with Gasteiger partial charge in [0.1, 0.15) is 0 Å². The van der Waals surface area contributed by atoms with Gasteiger partial charge < -0.3 is 5.73 Å². The Kier molecular flexibility index (Phi) is 3.50. The van der Waals surface area contributed by atoms with Gasteiger partial charge in [-0.25, -0.2) is 0 Å². The first-order chi connectivity index (χ1) is 8.27. The molecule has 0 bridgehead atoms. The first kappa shape index (κ1) is 13.9. The normalized spacial score (nSPS) is 43.2. The lowest BCUT2D eigenvalue weighted by atomic mass is 9.46. The maximum Gasteiger partial charge on any atom is 0.217 e. The van der Waals surface area contributed by atoms with Gasteiger partial charge in [0.2, 0.25) is 5.91 Å². The molecule has 0 aliphatic heterocycles. The molecular formula is C16H29NO. The molecule has 1 amide bonds. The Morgan fingerprint density at radius 2 is 1.89 bits per heavy atom. The van der Waals surface area contributed by atoms with E-state index in [2.05, 4.69) is 27.7 Å². The molecular weight excluding hydrogens is 222 g/mol. The number of hydrogen-bond acceptors (Lipinski definition) is 1. The molecule has 18 heavy (non-hydrogen) atoms. The van der Waals surface area contributed by atoms with E-state index in [0.29, 0.717) is 29.1 Å². The molecule has 2 rings (SSSR count). The molecule has 0 aromatic heterocycles. The molecule has 2 aliphatic rings. The fourth-order valence-electron chi connectivity index (χ4n) is 5.26. The van der Waals surface area contributed by atoms with Crippen LogP contribution >= 0.6 is 0 Å². The summed E-state index contributed by atoms with van der Waals surface area (Å²) >= 11 is 0. The Bertz CT molecular complexity index is 336. The van der Waals surface area contributed by atoms with E-state index in [4.69, 9.17) is 5.73 Å². The van der Waals surface area contributed by atoms with Crippen molar-refractivity contribution in [2.24, 2.45) is 34.3 Å². The van der Waals surface area contributed by atoms with E-state index in [1.54, 1.807) is 0 Å². The summed E-state index contributed by atoms with van der Waals surface area (Å²) in [7, 11) is 0. The lowest BCUT2D eigenvalue weighted by molar-refractivity contribution is -0.129. The molecule has 2 nitrogen and oxygen atoms in total. The number of carbonyl (C=O) groups is 1. The highest BCUT2D eigenvalue weighted by atomic mass is 16.1. The molecule has 0 saturated heterocycles. The second kappa shape index (κ2) is 4.54. The van der Waals surface area contributed by atoms with Crippen molar-refractivity contribution in [1.82, 2.24) is 0 Å². The van der Waals surface area contributed by atoms with Crippen molar-refractivity contribution < 1.29 is 4.79 Å². The van der Waals surface area contributed by atoms with Gasteiger partial charge in [-0.2, -0.15) is 0 Å². The van der Waals surface area contributed by atoms with Gasteiger partial charge in [0.05, 0.1) is 0 Å². The lowest BCUT2D eigenvalue weighted by Crippen LogP contribution is -2.51. The highest BCUT2D eigenvalue weighted by Gasteiger charge is 2.53. The van der Waals surface area contributed by atoms with Crippen LogP contribution in [0.1, 0.15) is 66.2 Å². The van der Waals surface area contributed by atoms with Crippen molar-refractivity contribution in [2.45, 2.75) is 66.2 Å². The molecule has 0 spiro atoms. The average molecular weight is 251 g/mol. The smallest absolute Gasteiger partial charge is 0.217 e. The second-order valence-corrected chi connectivity index (χ2v) is 7.73. The summed E-state index contributed by atoms with van der Waals surface area (Å²) in [5.74, 6) is 1.79. The summed E-state index contributed by atoms with van der Waals surface area (Å²) in [6, 6.07) is 0. The summed E-state index contributed by atoms with van der Waals surface area (Å²) in [5.41, 5.74) is 6.26. The fourth-order valence-corrected chi connectivity index (χ4v) is 5.26. The maximum absolute atomic E-state index is 11.4. The van der Waals surface area contributed by atoms with Crippen LogP contribution in [0.25, 0.3) is 0 Å². The van der Waals surface area contributed by atoms with Gasteiger partial charge in [-0.1, -0.05) is 40.5 Å². The van der Waals surface area contributed by atoms with Crippen LogP contribution in [0, 0.1) is 28.6 Å². The maximum atomic E-state index is 11.4. The molecule has 0 heterocycles. The van der Waals surface area contributed by atoms with Crippen molar-refractivity contribution in [3.63, 3.8) is 0 Å². The van der Waals surface area contributed by atoms with Crippen LogP contribution in [0.2, 0.25) is 0 Å². The minimum Gasteiger partial charge on any atom is -0.370 e. The number of nitrogens with two attached hydrogens (primary N) is 1. The van der Waals surface area contributed by atoms with Gasteiger partial charge in [-0.15, -0.1) is 0 Å². The number of carbonyl (C=O) groups excluding carboxylic acids is 1. The van der Waals surface area contributed by atoms with Crippen LogP contribution in [0.3, 0.4) is 0 Å². The van der Waals surface area contributed by atoms with E-state index in [9.17, 15) is 4.79 Å². The second-order valence-electron chi connectivity index (χ2n) is 7.73. The third-order valence-corrected chi connectivity index (χ3v) is 6.14. The van der Waals surface area contributed by atoms with E-state index < -0.39 is 0 Å². The predicted octanol–water partition coefficient (Wildman–Crippen LogP) is 3.74. The van der Waals surface area contributed by atoms with E-state index in [0.717, 1.165) is 5.92 Å². The van der Waals surface area contributed by atoms with Crippen molar-refractivity contribution in [2.75, 3.05) is 0 Å². The summed E-state index contributed by atoms with van der Waals surface area (Å²) in [6.45, 7) is 9.59. The van der Waals surface area contributed by atoms with E-state index in [1.165, 1.54) is 32.1 Å². The van der Waals surface area contributed by atoms with Crippen molar-refractivity contribution >= 4 is 5.91 Å². The zero-order valence-electron chi connectivity index (χ0n) is 12.5. The Morgan fingerprint density at radius 3 is 2.50 bits per heavy atom. The largest absolute Gasteiger partial charge is 0.370 e. The minimum absolute atomic E-state index is 0.114. The Morgan fingerprint density at radius 1 is 1.22 bits per heavy atom. The van der Waals surface area contributed by atoms with Gasteiger partial charge in [-0.05, 0) is 47.8 Å². The van der Waals surface area contributed by atoms with Gasteiger partial charge in [0, 0.05) is 6.42 Å². The average Bonchev–Trinajstić information content (AvgIpc) is 2.22. The predicted molar refractivity (Wildman–Crippen MR) is 74.9 cm³/mol. The Hall–Kier alpha value is -0.530. The summed E-state index contributed by atoms with van der Waals surface area (Å²) in [6.07, 6.45) is 7.11. The van der Waals surface area contributed by atoms with Gasteiger partial charge >= 0.3 is 0 Å². The van der Waals surface area contributed by atoms with Gasteiger partial charge in [0.15, 0.2) is 0 Å². The van der Waals surface area contributed by atoms with E-state index in [1.807, 2.05) is 0 Å². The zero-order chi connectivity index (χ0) is 13.6. The summed E-state index contributed by atoms with van der Waals surface area (Å²) < 4.78 is 0. The van der Waals surface area contributed by atoms with Crippen LogP contribution in [-0.2, 0) is 4.79 Å². The standard InChI is InChI=1S/C16H29NO/c1-11-6-7-13-15(2,3)8-5-9-16(13,4)12(11)10-14(17)18/h11-13H,5-10H2,1-4H3,(H2,17,18)/t11-,12?,13?,16+/m0/s1. The van der Waals surface area contributed by atoms with E-state index in [-0.39, 0.29) is 5.91 Å². The third-order valence-electron chi connectivity index (χ3n) is 6.14. The van der Waals surface area contributed by atoms with Crippen molar-refractivity contribution in [3.05, 3.63) is 0 Å². The quantitative estimate of drug-likeness (QED) is 0.798. The fraction of sp³-hybridized carbons (Fsp3) is 0.938. The minimum atomic E-state index is -0.114. The first-order valence-electron chi connectivity index (χ1n) is 7.55. The van der Waals surface area contributed by atoms with Crippen molar-refractivity contribution in [1.29, 1.82) is 0 Å². The molecule has 0 aromatic rings. The van der Waals surface area contributed by atoms with Gasteiger partial charge in [0.25, 0.3) is 0 Å². The molecule has 2 saturated carbocycles. The molecule has 2 aliphatic carbocycles. The molecule has 2 heteroatoms. The summed E-state index contributed by atoms with van der Waals surface area (Å²) in [5, 5.41) is 0. The number of fused-ring (bicyclic) bond motifs is 1. The zero-order valence-corrected chi connectivity index (χ0v) is 12.5. The Labute approximate surface area is 112 Å².